The van der Waals surface area contributed by atoms with E-state index >= 15 is 0 Å². The number of aryl methyl sites for hydroxylation is 2. The van der Waals surface area contributed by atoms with Gasteiger partial charge in [0.2, 0.25) is 5.28 Å². The standard InChI is InChI=1S/C38H45Cl2N7O4S/c1-4-7-25-15-17-47-22-38(16-6-9-26-18-28(39)12-13-30(26)38)23-51-33-14-11-27(19-31(33)47)36(49)45-52(50,21-24(2)8-5-10-32(25)48)44-35-29-20-46(3)43-34(29)41-37(40)42-35/h5,10-14,18-20,24-25,32,48H,4,6-9,15-17,21-23H2,1-3H3,(H,41,42,43,44,45,49,50)/b10-5+/t24-,25+,32-,38-,52?/m0/s1. The predicted octanol–water partition coefficient (Wildman–Crippen LogP) is 7.54. The van der Waals surface area contributed by atoms with Crippen LogP contribution < -0.4 is 14.4 Å². The molecule has 276 valence electrons. The van der Waals surface area contributed by atoms with Crippen molar-refractivity contribution in [2.45, 2.75) is 70.3 Å². The lowest BCUT2D eigenvalue weighted by Crippen LogP contribution is -2.46. The van der Waals surface area contributed by atoms with Crippen LogP contribution in [0.25, 0.3) is 11.0 Å². The summed E-state index contributed by atoms with van der Waals surface area (Å²) in [5.74, 6) is 0.131. The number of nitrogens with one attached hydrogen (secondary N) is 1. The van der Waals surface area contributed by atoms with Crippen LogP contribution >= 0.6 is 23.2 Å². The third kappa shape index (κ3) is 7.67. The quantitative estimate of drug-likeness (QED) is 0.161. The van der Waals surface area contributed by atoms with Crippen LogP contribution in [0.4, 0.5) is 11.5 Å². The second-order valence-corrected chi connectivity index (χ2v) is 17.4. The van der Waals surface area contributed by atoms with Crippen molar-refractivity contribution in [3.8, 4) is 5.75 Å². The van der Waals surface area contributed by atoms with E-state index in [0.717, 1.165) is 49.2 Å². The van der Waals surface area contributed by atoms with Crippen molar-refractivity contribution in [2.24, 2.45) is 23.2 Å². The highest BCUT2D eigenvalue weighted by atomic mass is 35.5. The van der Waals surface area contributed by atoms with E-state index in [0.29, 0.717) is 48.5 Å². The number of carbonyl (C=O) groups excluding carboxylic acids is 1. The van der Waals surface area contributed by atoms with E-state index in [9.17, 15) is 14.1 Å². The number of nitrogens with zero attached hydrogens (tertiary/aromatic N) is 6. The van der Waals surface area contributed by atoms with Gasteiger partial charge in [0, 0.05) is 42.3 Å². The van der Waals surface area contributed by atoms with Gasteiger partial charge in [-0.1, -0.05) is 50.1 Å². The second-order valence-electron chi connectivity index (χ2n) is 14.6. The number of allylic oxidation sites excluding steroid dienone is 1. The fourth-order valence-electron chi connectivity index (χ4n) is 8.03. The molecule has 2 bridgehead atoms. The highest BCUT2D eigenvalue weighted by Crippen LogP contribution is 2.45. The molecule has 0 saturated carbocycles. The molecule has 0 saturated heterocycles. The summed E-state index contributed by atoms with van der Waals surface area (Å²) in [6.07, 6.45) is 10.9. The van der Waals surface area contributed by atoms with Crippen LogP contribution in [-0.4, -0.2) is 66.5 Å². The van der Waals surface area contributed by atoms with E-state index in [2.05, 4.69) is 48.1 Å². The molecule has 2 aromatic carbocycles. The Balaban J connectivity index is 1.32. The van der Waals surface area contributed by atoms with Gasteiger partial charge in [-0.15, -0.1) is 4.36 Å². The molecule has 52 heavy (non-hydrogen) atoms. The van der Waals surface area contributed by atoms with E-state index in [1.54, 1.807) is 24.0 Å². The molecule has 1 unspecified atom stereocenters. The van der Waals surface area contributed by atoms with Gasteiger partial charge in [0.15, 0.2) is 11.5 Å². The minimum Gasteiger partial charge on any atom is -0.490 e. The van der Waals surface area contributed by atoms with Crippen LogP contribution in [0.2, 0.25) is 10.3 Å². The molecule has 1 amide bonds. The van der Waals surface area contributed by atoms with Crippen molar-refractivity contribution in [3.63, 3.8) is 0 Å². The number of carbonyl (C=O) groups is 1. The lowest BCUT2D eigenvalue weighted by molar-refractivity contribution is 0.100. The summed E-state index contributed by atoms with van der Waals surface area (Å²) in [5, 5.41) is 16.9. The van der Waals surface area contributed by atoms with E-state index < -0.39 is 21.9 Å². The van der Waals surface area contributed by atoms with Gasteiger partial charge in [0.25, 0.3) is 5.91 Å². The first-order valence-electron chi connectivity index (χ1n) is 18.0. The number of anilines is 2. The van der Waals surface area contributed by atoms with E-state index in [1.165, 1.54) is 11.1 Å². The minimum absolute atomic E-state index is 0.0283. The molecule has 2 aromatic heterocycles. The Morgan fingerprint density at radius 2 is 2.02 bits per heavy atom. The van der Waals surface area contributed by atoms with Crippen LogP contribution in [-0.2, 0) is 28.8 Å². The van der Waals surface area contributed by atoms with Crippen molar-refractivity contribution < 1.29 is 18.8 Å². The maximum Gasteiger partial charge on any atom is 0.286 e. The normalized spacial score (nSPS) is 27.4. The van der Waals surface area contributed by atoms with Gasteiger partial charge in [0.1, 0.15) is 15.7 Å². The van der Waals surface area contributed by atoms with E-state index in [-0.39, 0.29) is 34.1 Å². The Labute approximate surface area is 315 Å². The van der Waals surface area contributed by atoms with Crippen molar-refractivity contribution in [1.29, 1.82) is 0 Å². The summed E-state index contributed by atoms with van der Waals surface area (Å²) in [6, 6.07) is 11.5. The first-order chi connectivity index (χ1) is 24.9. The molecule has 2 aliphatic heterocycles. The molecule has 1 spiro atoms. The molecule has 4 aromatic rings. The largest absolute Gasteiger partial charge is 0.490 e. The highest BCUT2D eigenvalue weighted by molar-refractivity contribution is 7.95. The Morgan fingerprint density at radius 1 is 1.17 bits per heavy atom. The third-order valence-electron chi connectivity index (χ3n) is 10.5. The number of rotatable bonds is 4. The molecule has 0 fully saturated rings. The summed E-state index contributed by atoms with van der Waals surface area (Å²) in [5.41, 5.74) is 3.59. The van der Waals surface area contributed by atoms with Gasteiger partial charge < -0.3 is 14.7 Å². The summed E-state index contributed by atoms with van der Waals surface area (Å²) in [4.78, 5) is 24.9. The molecular formula is C38H45Cl2N7O4S. The summed E-state index contributed by atoms with van der Waals surface area (Å²) < 4.78 is 30.4. The first-order valence-corrected chi connectivity index (χ1v) is 20.5. The van der Waals surface area contributed by atoms with Gasteiger partial charge >= 0.3 is 0 Å². The molecule has 14 heteroatoms. The van der Waals surface area contributed by atoms with Gasteiger partial charge in [-0.3, -0.25) is 14.2 Å². The topological polar surface area (TPSA) is 135 Å². The Hall–Kier alpha value is -3.71. The molecule has 11 nitrogen and oxygen atoms in total. The lowest BCUT2D eigenvalue weighted by Gasteiger charge is -2.41. The average molecular weight is 767 g/mol. The Bertz CT molecular complexity index is 2150. The van der Waals surface area contributed by atoms with Gasteiger partial charge in [-0.2, -0.15) is 15.1 Å². The van der Waals surface area contributed by atoms with E-state index in [4.69, 9.17) is 27.9 Å². The van der Waals surface area contributed by atoms with Gasteiger partial charge in [-0.25, -0.2) is 4.21 Å². The maximum absolute atomic E-state index is 14.8. The average Bonchev–Trinajstić information content (AvgIpc) is 3.40. The number of ether oxygens (including phenoxy) is 1. The minimum atomic E-state index is -3.46. The molecular weight excluding hydrogens is 721 g/mol. The number of hydrogen-bond acceptors (Lipinski definition) is 8. The number of fused-ring (bicyclic) bond motifs is 4. The molecule has 1 aliphatic carbocycles. The molecule has 5 atom stereocenters. The fourth-order valence-corrected chi connectivity index (χ4v) is 10.3. The molecule has 3 aliphatic rings. The monoisotopic (exact) mass is 765 g/mol. The SMILES string of the molecule is CCC[C@@H]1CCN2C[C@@]3(CCCc4cc(Cl)ccc43)COc3ccc(cc32)C(=O)N=S(=O)(Nc2nc(Cl)nc3nn(C)cc23)C[C@@H](C)C/C=C/[C@@H]1O. The molecule has 7 rings (SSSR count). The number of aliphatic hydroxyl groups is 1. The Morgan fingerprint density at radius 3 is 2.85 bits per heavy atom. The number of benzene rings is 2. The molecule has 4 heterocycles. The summed E-state index contributed by atoms with van der Waals surface area (Å²) >= 11 is 12.7. The lowest BCUT2D eigenvalue weighted by atomic mass is 9.70. The Kier molecular flexibility index (Phi) is 10.5. The third-order valence-corrected chi connectivity index (χ3v) is 12.9. The van der Waals surface area contributed by atoms with Crippen LogP contribution in [0, 0.1) is 11.8 Å². The first kappa shape index (κ1) is 36.6. The molecule has 0 radical (unpaired) electrons. The zero-order valence-electron chi connectivity index (χ0n) is 29.7. The maximum atomic E-state index is 14.8. The number of aliphatic hydroxyl groups excluding tert-OH is 1. The second kappa shape index (κ2) is 15.0. The van der Waals surface area contributed by atoms with Crippen molar-refractivity contribution in [1.82, 2.24) is 19.7 Å². The number of halogens is 2. The van der Waals surface area contributed by atoms with Crippen molar-refractivity contribution in [3.05, 3.63) is 81.7 Å². The van der Waals surface area contributed by atoms with Crippen LogP contribution in [0.5, 0.6) is 5.75 Å². The smallest absolute Gasteiger partial charge is 0.286 e. The predicted molar refractivity (Wildman–Crippen MR) is 207 cm³/mol. The zero-order valence-corrected chi connectivity index (χ0v) is 32.1. The summed E-state index contributed by atoms with van der Waals surface area (Å²) in [6.45, 7) is 5.88. The molecule has 2 N–H and O–H groups in total. The summed E-state index contributed by atoms with van der Waals surface area (Å²) in [7, 11) is -1.72. The zero-order chi connectivity index (χ0) is 36.6. The van der Waals surface area contributed by atoms with Crippen LogP contribution in [0.1, 0.15) is 73.9 Å². The number of amides is 1. The van der Waals surface area contributed by atoms with E-state index in [1.807, 2.05) is 37.3 Å². The van der Waals surface area contributed by atoms with Crippen LogP contribution in [0.15, 0.2) is 59.1 Å². The van der Waals surface area contributed by atoms with Crippen molar-refractivity contribution >= 4 is 61.6 Å². The van der Waals surface area contributed by atoms with Crippen LogP contribution in [0.3, 0.4) is 0 Å². The van der Waals surface area contributed by atoms with Gasteiger partial charge in [-0.05, 0) is 103 Å². The number of aromatic nitrogens is 4. The van der Waals surface area contributed by atoms with Gasteiger partial charge in [0.05, 0.1) is 29.5 Å². The van der Waals surface area contributed by atoms with Crippen molar-refractivity contribution in [2.75, 3.05) is 35.1 Å². The highest BCUT2D eigenvalue weighted by Gasteiger charge is 2.42. The number of hydrogen-bond donors (Lipinski definition) is 2. The fraction of sp³-hybridized carbons (Fsp3) is 0.474.